The van der Waals surface area contributed by atoms with E-state index in [1.807, 2.05) is 0 Å². The first-order valence-electron chi connectivity index (χ1n) is 6.04. The fourth-order valence-corrected chi connectivity index (χ4v) is 2.77. The van der Waals surface area contributed by atoms with Crippen molar-refractivity contribution in [1.82, 2.24) is 4.90 Å². The van der Waals surface area contributed by atoms with E-state index in [-0.39, 0.29) is 16.9 Å². The lowest BCUT2D eigenvalue weighted by atomic mass is 10.1. The Labute approximate surface area is 107 Å². The molecule has 1 aliphatic heterocycles. The van der Waals surface area contributed by atoms with Gasteiger partial charge >= 0.3 is 0 Å². The maximum Gasteiger partial charge on any atom is 0.141 e. The van der Waals surface area contributed by atoms with Crippen LogP contribution in [0.2, 0.25) is 5.02 Å². The lowest BCUT2D eigenvalue weighted by Crippen LogP contribution is -2.37. The van der Waals surface area contributed by atoms with Crippen molar-refractivity contribution in [1.29, 1.82) is 0 Å². The molecule has 1 heterocycles. The normalized spacial score (nSPS) is 22.9. The number of likely N-dealkylation sites (tertiary alicyclic amines) is 1. The van der Waals surface area contributed by atoms with E-state index in [1.165, 1.54) is 12.5 Å². The second-order valence-electron chi connectivity index (χ2n) is 4.62. The minimum atomic E-state index is -0.362. The minimum Gasteiger partial charge on any atom is -0.329 e. The van der Waals surface area contributed by atoms with Crippen LogP contribution in [-0.2, 0) is 0 Å². The lowest BCUT2D eigenvalue weighted by molar-refractivity contribution is 0.197. The van der Waals surface area contributed by atoms with Crippen LogP contribution in [0.3, 0.4) is 0 Å². The number of hydrogen-bond acceptors (Lipinski definition) is 2. The summed E-state index contributed by atoms with van der Waals surface area (Å²) in [4.78, 5) is 2.38. The first-order valence-corrected chi connectivity index (χ1v) is 6.42. The number of nitrogens with zero attached hydrogens (tertiary/aromatic N) is 1. The molecule has 0 radical (unpaired) electrons. The van der Waals surface area contributed by atoms with E-state index in [1.54, 1.807) is 12.1 Å². The number of halogens is 2. The molecule has 0 bridgehead atoms. The monoisotopic (exact) mass is 256 g/mol. The summed E-state index contributed by atoms with van der Waals surface area (Å²) < 4.78 is 13.1. The van der Waals surface area contributed by atoms with Crippen molar-refractivity contribution in [3.63, 3.8) is 0 Å². The summed E-state index contributed by atoms with van der Waals surface area (Å²) in [5, 5.41) is 0.192. The molecule has 2 nitrogen and oxygen atoms in total. The van der Waals surface area contributed by atoms with Crippen LogP contribution in [0.15, 0.2) is 18.2 Å². The lowest BCUT2D eigenvalue weighted by Gasteiger charge is -2.30. The molecule has 17 heavy (non-hydrogen) atoms. The third-order valence-corrected chi connectivity index (χ3v) is 3.91. The van der Waals surface area contributed by atoms with Gasteiger partial charge in [0.15, 0.2) is 0 Å². The van der Waals surface area contributed by atoms with Crippen molar-refractivity contribution in [3.05, 3.63) is 34.6 Å². The predicted molar refractivity (Wildman–Crippen MR) is 68.6 cm³/mol. The molecule has 0 aliphatic carbocycles. The zero-order valence-electron chi connectivity index (χ0n) is 10.00. The summed E-state index contributed by atoms with van der Waals surface area (Å²) in [6.45, 7) is 3.86. The zero-order valence-corrected chi connectivity index (χ0v) is 10.8. The first kappa shape index (κ1) is 12.8. The van der Waals surface area contributed by atoms with Crippen LogP contribution in [-0.4, -0.2) is 24.0 Å². The molecule has 2 N–H and O–H groups in total. The highest BCUT2D eigenvalue weighted by Gasteiger charge is 2.28. The highest BCUT2D eigenvalue weighted by atomic mass is 35.5. The Bertz CT molecular complexity index is 397. The molecular weight excluding hydrogens is 239 g/mol. The molecule has 2 unspecified atom stereocenters. The molecule has 0 amide bonds. The summed E-state index contributed by atoms with van der Waals surface area (Å²) in [5.74, 6) is -0.362. The Balaban J connectivity index is 2.18. The van der Waals surface area contributed by atoms with Crippen molar-refractivity contribution >= 4 is 11.6 Å². The molecule has 2 rings (SSSR count). The van der Waals surface area contributed by atoms with Gasteiger partial charge in [0.05, 0.1) is 5.02 Å². The van der Waals surface area contributed by atoms with Gasteiger partial charge in [-0.3, -0.25) is 4.90 Å². The zero-order chi connectivity index (χ0) is 12.4. The number of benzene rings is 1. The SMILES string of the molecule is CC(c1ccc(F)c(Cl)c1)N1CCCC1CN. The smallest absolute Gasteiger partial charge is 0.141 e. The van der Waals surface area contributed by atoms with Gasteiger partial charge in [0, 0.05) is 18.6 Å². The number of rotatable bonds is 3. The Hall–Kier alpha value is -0.640. The summed E-state index contributed by atoms with van der Waals surface area (Å²) in [7, 11) is 0. The molecule has 4 heteroatoms. The molecule has 1 aromatic rings. The predicted octanol–water partition coefficient (Wildman–Crippen LogP) is 2.96. The largest absolute Gasteiger partial charge is 0.329 e. The van der Waals surface area contributed by atoms with E-state index in [2.05, 4.69) is 11.8 Å². The van der Waals surface area contributed by atoms with Gasteiger partial charge in [-0.25, -0.2) is 4.39 Å². The highest BCUT2D eigenvalue weighted by molar-refractivity contribution is 6.30. The van der Waals surface area contributed by atoms with Gasteiger partial charge in [-0.1, -0.05) is 17.7 Å². The topological polar surface area (TPSA) is 29.3 Å². The van der Waals surface area contributed by atoms with E-state index in [0.717, 1.165) is 18.5 Å². The van der Waals surface area contributed by atoms with Crippen molar-refractivity contribution < 1.29 is 4.39 Å². The van der Waals surface area contributed by atoms with Crippen LogP contribution in [0.4, 0.5) is 4.39 Å². The van der Waals surface area contributed by atoms with E-state index < -0.39 is 0 Å². The summed E-state index contributed by atoms with van der Waals surface area (Å²) >= 11 is 5.82. The first-order chi connectivity index (χ1) is 8.13. The standard InChI is InChI=1S/C13H18ClFN2/c1-9(17-6-2-3-11(17)8-16)10-4-5-13(15)12(14)7-10/h4-5,7,9,11H,2-3,6,8,16H2,1H3. The van der Waals surface area contributed by atoms with Gasteiger partial charge < -0.3 is 5.73 Å². The highest BCUT2D eigenvalue weighted by Crippen LogP contribution is 2.30. The number of hydrogen-bond donors (Lipinski definition) is 1. The van der Waals surface area contributed by atoms with E-state index >= 15 is 0 Å². The summed E-state index contributed by atoms with van der Waals surface area (Å²) in [5.41, 5.74) is 6.82. The van der Waals surface area contributed by atoms with Crippen LogP contribution >= 0.6 is 11.6 Å². The molecular formula is C13H18ClFN2. The third-order valence-electron chi connectivity index (χ3n) is 3.62. The van der Waals surface area contributed by atoms with E-state index in [9.17, 15) is 4.39 Å². The average Bonchev–Trinajstić information content (AvgIpc) is 2.80. The van der Waals surface area contributed by atoms with Crippen molar-refractivity contribution in [3.8, 4) is 0 Å². The molecule has 94 valence electrons. The summed E-state index contributed by atoms with van der Waals surface area (Å²) in [6.07, 6.45) is 2.33. The molecule has 1 saturated heterocycles. The van der Waals surface area contributed by atoms with Crippen LogP contribution in [0.25, 0.3) is 0 Å². The van der Waals surface area contributed by atoms with Crippen LogP contribution in [0.5, 0.6) is 0 Å². The van der Waals surface area contributed by atoms with Gasteiger partial charge in [0.25, 0.3) is 0 Å². The Morgan fingerprint density at radius 3 is 3.00 bits per heavy atom. The van der Waals surface area contributed by atoms with Crippen molar-refractivity contribution in [2.45, 2.75) is 31.8 Å². The third kappa shape index (κ3) is 2.62. The minimum absolute atomic E-state index is 0.192. The van der Waals surface area contributed by atoms with Gasteiger partial charge in [-0.2, -0.15) is 0 Å². The Kier molecular flexibility index (Phi) is 4.02. The average molecular weight is 257 g/mol. The van der Waals surface area contributed by atoms with Gasteiger partial charge in [-0.05, 0) is 44.0 Å². The van der Waals surface area contributed by atoms with Crippen LogP contribution < -0.4 is 5.73 Å². The van der Waals surface area contributed by atoms with Crippen molar-refractivity contribution in [2.75, 3.05) is 13.1 Å². The number of nitrogens with two attached hydrogens (primary N) is 1. The van der Waals surface area contributed by atoms with Gasteiger partial charge in [0.2, 0.25) is 0 Å². The van der Waals surface area contributed by atoms with Crippen LogP contribution in [0, 0.1) is 5.82 Å². The molecule has 1 aliphatic rings. The molecule has 0 spiro atoms. The fourth-order valence-electron chi connectivity index (χ4n) is 2.58. The fraction of sp³-hybridized carbons (Fsp3) is 0.538. The molecule has 2 atom stereocenters. The molecule has 1 fully saturated rings. The molecule has 0 aromatic heterocycles. The second kappa shape index (κ2) is 5.34. The summed E-state index contributed by atoms with van der Waals surface area (Å²) in [6, 6.07) is 5.63. The Morgan fingerprint density at radius 2 is 2.35 bits per heavy atom. The maximum absolute atomic E-state index is 13.1. The van der Waals surface area contributed by atoms with Gasteiger partial charge in [-0.15, -0.1) is 0 Å². The second-order valence-corrected chi connectivity index (χ2v) is 5.03. The van der Waals surface area contributed by atoms with Crippen molar-refractivity contribution in [2.24, 2.45) is 5.73 Å². The quantitative estimate of drug-likeness (QED) is 0.901. The molecule has 0 saturated carbocycles. The van der Waals surface area contributed by atoms with Crippen LogP contribution in [0.1, 0.15) is 31.4 Å². The maximum atomic E-state index is 13.1. The van der Waals surface area contributed by atoms with E-state index in [4.69, 9.17) is 17.3 Å². The Morgan fingerprint density at radius 1 is 1.59 bits per heavy atom. The molecule has 1 aromatic carbocycles. The van der Waals surface area contributed by atoms with Gasteiger partial charge in [0.1, 0.15) is 5.82 Å². The van der Waals surface area contributed by atoms with E-state index in [0.29, 0.717) is 12.6 Å².